The molecular formula is C14H10ClFN2O. The van der Waals surface area contributed by atoms with Crippen LogP contribution in [-0.4, -0.2) is 5.11 Å². The summed E-state index contributed by atoms with van der Waals surface area (Å²) in [7, 11) is 0. The molecule has 3 nitrogen and oxygen atoms in total. The van der Waals surface area contributed by atoms with Crippen molar-refractivity contribution in [1.29, 1.82) is 5.26 Å². The predicted octanol–water partition coefficient (Wildman–Crippen LogP) is 3.86. The van der Waals surface area contributed by atoms with Gasteiger partial charge in [-0.1, -0.05) is 17.7 Å². The predicted molar refractivity (Wildman–Crippen MR) is 71.5 cm³/mol. The number of halogens is 2. The highest BCUT2D eigenvalue weighted by atomic mass is 35.5. The van der Waals surface area contributed by atoms with Crippen molar-refractivity contribution >= 4 is 17.3 Å². The van der Waals surface area contributed by atoms with Gasteiger partial charge < -0.3 is 10.4 Å². The zero-order valence-electron chi connectivity index (χ0n) is 9.77. The van der Waals surface area contributed by atoms with Crippen LogP contribution in [0.2, 0.25) is 5.02 Å². The largest absolute Gasteiger partial charge is 0.508 e. The van der Waals surface area contributed by atoms with E-state index in [1.807, 2.05) is 6.07 Å². The lowest BCUT2D eigenvalue weighted by Gasteiger charge is -2.14. The lowest BCUT2D eigenvalue weighted by atomic mass is 10.1. The van der Waals surface area contributed by atoms with E-state index in [9.17, 15) is 9.50 Å². The number of phenols is 1. The summed E-state index contributed by atoms with van der Waals surface area (Å²) in [6, 6.07) is 11.6. The maximum absolute atomic E-state index is 13.2. The average Bonchev–Trinajstić information content (AvgIpc) is 2.34. The molecule has 0 saturated carbocycles. The van der Waals surface area contributed by atoms with E-state index in [2.05, 4.69) is 5.32 Å². The van der Waals surface area contributed by atoms with Crippen molar-refractivity contribution < 1.29 is 9.50 Å². The number of benzene rings is 2. The fourth-order valence-corrected chi connectivity index (χ4v) is 1.89. The van der Waals surface area contributed by atoms with Gasteiger partial charge in [0, 0.05) is 16.8 Å². The van der Waals surface area contributed by atoms with Crippen LogP contribution >= 0.6 is 11.6 Å². The molecule has 0 aromatic heterocycles. The molecule has 0 fully saturated rings. The Hall–Kier alpha value is -2.25. The molecule has 0 radical (unpaired) electrons. The number of nitrogens with zero attached hydrogens (tertiary/aromatic N) is 1. The Kier molecular flexibility index (Phi) is 3.88. The molecule has 0 bridgehead atoms. The topological polar surface area (TPSA) is 56.0 Å². The second kappa shape index (κ2) is 5.59. The first kappa shape index (κ1) is 13.2. The van der Waals surface area contributed by atoms with E-state index in [4.69, 9.17) is 16.9 Å². The molecule has 96 valence electrons. The summed E-state index contributed by atoms with van der Waals surface area (Å²) in [6.45, 7) is 0. The molecule has 0 spiro atoms. The van der Waals surface area contributed by atoms with E-state index in [0.29, 0.717) is 16.3 Å². The molecule has 2 aromatic carbocycles. The molecule has 1 unspecified atom stereocenters. The quantitative estimate of drug-likeness (QED) is 0.895. The number of phenolic OH excluding ortho intramolecular Hbond substituents is 1. The monoisotopic (exact) mass is 276 g/mol. The summed E-state index contributed by atoms with van der Waals surface area (Å²) in [5, 5.41) is 21.9. The van der Waals surface area contributed by atoms with Crippen molar-refractivity contribution in [1.82, 2.24) is 0 Å². The van der Waals surface area contributed by atoms with Crippen LogP contribution < -0.4 is 5.32 Å². The molecule has 2 N–H and O–H groups in total. The number of rotatable bonds is 3. The molecule has 19 heavy (non-hydrogen) atoms. The van der Waals surface area contributed by atoms with Gasteiger partial charge in [0.15, 0.2) is 0 Å². The van der Waals surface area contributed by atoms with Crippen molar-refractivity contribution in [3.63, 3.8) is 0 Å². The van der Waals surface area contributed by atoms with Crippen LogP contribution in [0.3, 0.4) is 0 Å². The van der Waals surface area contributed by atoms with Crippen molar-refractivity contribution in [2.45, 2.75) is 6.04 Å². The van der Waals surface area contributed by atoms with E-state index in [-0.39, 0.29) is 5.75 Å². The first-order valence-electron chi connectivity index (χ1n) is 5.49. The molecule has 0 aliphatic heterocycles. The van der Waals surface area contributed by atoms with E-state index >= 15 is 0 Å². The minimum absolute atomic E-state index is 0.219. The summed E-state index contributed by atoms with van der Waals surface area (Å²) < 4.78 is 13.2. The van der Waals surface area contributed by atoms with E-state index in [0.717, 1.165) is 6.07 Å². The van der Waals surface area contributed by atoms with Gasteiger partial charge in [0.1, 0.15) is 17.6 Å². The minimum Gasteiger partial charge on any atom is -0.508 e. The van der Waals surface area contributed by atoms with Gasteiger partial charge in [0.05, 0.1) is 6.07 Å². The average molecular weight is 277 g/mol. The molecule has 0 heterocycles. The van der Waals surface area contributed by atoms with Crippen LogP contribution in [-0.2, 0) is 0 Å². The van der Waals surface area contributed by atoms with Gasteiger partial charge >= 0.3 is 0 Å². The second-order valence-corrected chi connectivity index (χ2v) is 4.40. The SMILES string of the molecule is N#CC(Nc1cccc(Cl)c1)c1cc(O)cc(F)c1. The number of anilines is 1. The standard InChI is InChI=1S/C14H10ClFN2O/c15-10-2-1-3-12(6-10)18-14(8-17)9-4-11(16)7-13(19)5-9/h1-7,14,18-19H. The van der Waals surface area contributed by atoms with Gasteiger partial charge in [0.25, 0.3) is 0 Å². The zero-order chi connectivity index (χ0) is 13.8. The first-order chi connectivity index (χ1) is 9.08. The molecule has 0 aliphatic rings. The third kappa shape index (κ3) is 3.36. The van der Waals surface area contributed by atoms with Gasteiger partial charge in [-0.25, -0.2) is 4.39 Å². The number of nitriles is 1. The van der Waals surface area contributed by atoms with Gasteiger partial charge in [-0.05, 0) is 35.9 Å². The minimum atomic E-state index is -0.778. The normalized spacial score (nSPS) is 11.6. The van der Waals surface area contributed by atoms with Crippen molar-refractivity contribution in [2.75, 3.05) is 5.32 Å². The lowest BCUT2D eigenvalue weighted by Crippen LogP contribution is -2.08. The van der Waals surface area contributed by atoms with Crippen LogP contribution in [0.1, 0.15) is 11.6 Å². The van der Waals surface area contributed by atoms with Gasteiger partial charge in [0.2, 0.25) is 0 Å². The smallest absolute Gasteiger partial charge is 0.140 e. The van der Waals surface area contributed by atoms with Gasteiger partial charge in [-0.2, -0.15) is 5.26 Å². The molecule has 1 atom stereocenters. The van der Waals surface area contributed by atoms with E-state index in [1.165, 1.54) is 12.1 Å². The number of hydrogen-bond donors (Lipinski definition) is 2. The Morgan fingerprint density at radius 3 is 2.68 bits per heavy atom. The Balaban J connectivity index is 2.28. The first-order valence-corrected chi connectivity index (χ1v) is 5.87. The molecular weight excluding hydrogens is 267 g/mol. The van der Waals surface area contributed by atoms with Crippen molar-refractivity contribution in [3.8, 4) is 11.8 Å². The van der Waals surface area contributed by atoms with Crippen LogP contribution in [0.5, 0.6) is 5.75 Å². The van der Waals surface area contributed by atoms with Crippen molar-refractivity contribution in [3.05, 3.63) is 58.9 Å². The summed E-state index contributed by atoms with van der Waals surface area (Å²) in [5.41, 5.74) is 0.989. The van der Waals surface area contributed by atoms with Gasteiger partial charge in [-0.15, -0.1) is 0 Å². The molecule has 0 aliphatic carbocycles. The number of nitrogens with one attached hydrogen (secondary N) is 1. The molecule has 0 saturated heterocycles. The molecule has 2 rings (SSSR count). The number of hydrogen-bond acceptors (Lipinski definition) is 3. The second-order valence-electron chi connectivity index (χ2n) is 3.96. The fourth-order valence-electron chi connectivity index (χ4n) is 1.70. The maximum Gasteiger partial charge on any atom is 0.140 e. The third-order valence-corrected chi connectivity index (χ3v) is 2.74. The van der Waals surface area contributed by atoms with Crippen LogP contribution in [0.25, 0.3) is 0 Å². The molecule has 2 aromatic rings. The third-order valence-electron chi connectivity index (χ3n) is 2.50. The lowest BCUT2D eigenvalue weighted by molar-refractivity contribution is 0.468. The fraction of sp³-hybridized carbons (Fsp3) is 0.0714. The summed E-state index contributed by atoms with van der Waals surface area (Å²) in [5.74, 6) is -0.814. The zero-order valence-corrected chi connectivity index (χ0v) is 10.5. The Morgan fingerprint density at radius 1 is 1.26 bits per heavy atom. The van der Waals surface area contributed by atoms with Crippen molar-refractivity contribution in [2.24, 2.45) is 0 Å². The van der Waals surface area contributed by atoms with Crippen LogP contribution in [0.15, 0.2) is 42.5 Å². The van der Waals surface area contributed by atoms with E-state index in [1.54, 1.807) is 24.3 Å². The maximum atomic E-state index is 13.2. The molecule has 0 amide bonds. The highest BCUT2D eigenvalue weighted by Crippen LogP contribution is 2.24. The van der Waals surface area contributed by atoms with E-state index < -0.39 is 11.9 Å². The summed E-state index contributed by atoms with van der Waals surface area (Å²) in [4.78, 5) is 0. The highest BCUT2D eigenvalue weighted by Gasteiger charge is 2.12. The summed E-state index contributed by atoms with van der Waals surface area (Å²) >= 11 is 5.85. The van der Waals surface area contributed by atoms with Gasteiger partial charge in [-0.3, -0.25) is 0 Å². The molecule has 5 heteroatoms. The highest BCUT2D eigenvalue weighted by molar-refractivity contribution is 6.30. The Labute approximate surface area is 114 Å². The van der Waals surface area contributed by atoms with Crippen LogP contribution in [0.4, 0.5) is 10.1 Å². The van der Waals surface area contributed by atoms with Crippen LogP contribution in [0, 0.1) is 17.1 Å². The number of aromatic hydroxyl groups is 1. The Bertz CT molecular complexity index is 619. The Morgan fingerprint density at radius 2 is 2.05 bits per heavy atom. The summed E-state index contributed by atoms with van der Waals surface area (Å²) in [6.07, 6.45) is 0.